The molecule has 3 aromatic rings. The van der Waals surface area contributed by atoms with E-state index in [1.807, 2.05) is 44.2 Å². The Bertz CT molecular complexity index is 1090. The van der Waals surface area contributed by atoms with Gasteiger partial charge in [0.15, 0.2) is 17.3 Å². The number of rotatable bonds is 9. The fourth-order valence-electron chi connectivity index (χ4n) is 3.33. The number of methoxy groups -OCH3 is 2. The predicted octanol–water partition coefficient (Wildman–Crippen LogP) is 3.57. The van der Waals surface area contributed by atoms with Gasteiger partial charge >= 0.3 is 6.09 Å². The minimum Gasteiger partial charge on any atom is -0.493 e. The Morgan fingerprint density at radius 1 is 1.06 bits per heavy atom. The first kappa shape index (κ1) is 23.4. The molecule has 0 aliphatic rings. The van der Waals surface area contributed by atoms with Crippen LogP contribution in [0.3, 0.4) is 0 Å². The molecular formula is C22H32N6O4. The Morgan fingerprint density at radius 3 is 2.41 bits per heavy atom. The molecular weight excluding hydrogens is 412 g/mol. The van der Waals surface area contributed by atoms with Crippen LogP contribution in [-0.4, -0.2) is 58.6 Å². The van der Waals surface area contributed by atoms with Gasteiger partial charge in [0.2, 0.25) is 5.65 Å². The summed E-state index contributed by atoms with van der Waals surface area (Å²) in [5.74, 6) is 2.72. The molecule has 0 aliphatic carbocycles. The van der Waals surface area contributed by atoms with E-state index >= 15 is 0 Å². The smallest absolute Gasteiger partial charge is 0.407 e. The number of hydrogen-bond acceptors (Lipinski definition) is 8. The van der Waals surface area contributed by atoms with E-state index in [4.69, 9.17) is 19.2 Å². The number of benzene rings is 1. The van der Waals surface area contributed by atoms with Crippen molar-refractivity contribution in [2.24, 2.45) is 0 Å². The number of nitrogens with zero attached hydrogens (tertiary/aromatic N) is 4. The fraction of sp³-hybridized carbons (Fsp3) is 0.545. The van der Waals surface area contributed by atoms with Gasteiger partial charge in [0, 0.05) is 31.6 Å². The average molecular weight is 445 g/mol. The molecule has 2 heterocycles. The Morgan fingerprint density at radius 2 is 1.75 bits per heavy atom. The summed E-state index contributed by atoms with van der Waals surface area (Å²) in [7, 11) is 3.21. The van der Waals surface area contributed by atoms with E-state index in [-0.39, 0.29) is 0 Å². The van der Waals surface area contributed by atoms with Crippen molar-refractivity contribution in [3.05, 3.63) is 18.0 Å². The molecule has 0 saturated carbocycles. The maximum atomic E-state index is 11.7. The maximum absolute atomic E-state index is 11.7. The van der Waals surface area contributed by atoms with Crippen LogP contribution in [0.15, 0.2) is 12.1 Å². The van der Waals surface area contributed by atoms with E-state index in [0.717, 1.165) is 36.1 Å². The van der Waals surface area contributed by atoms with Gasteiger partial charge in [-0.25, -0.2) is 9.78 Å². The Balaban J connectivity index is 1.72. The van der Waals surface area contributed by atoms with Gasteiger partial charge in [0.05, 0.1) is 25.3 Å². The van der Waals surface area contributed by atoms with Crippen LogP contribution in [0.4, 0.5) is 10.6 Å². The zero-order valence-corrected chi connectivity index (χ0v) is 19.6. The summed E-state index contributed by atoms with van der Waals surface area (Å²) in [4.78, 5) is 16.5. The molecule has 0 unspecified atom stereocenters. The van der Waals surface area contributed by atoms with E-state index in [2.05, 4.69) is 20.8 Å². The van der Waals surface area contributed by atoms with E-state index in [9.17, 15) is 4.79 Å². The van der Waals surface area contributed by atoms with Crippen LogP contribution in [-0.2, 0) is 11.2 Å². The van der Waals surface area contributed by atoms with E-state index in [0.29, 0.717) is 36.1 Å². The molecule has 10 heteroatoms. The van der Waals surface area contributed by atoms with Crippen LogP contribution in [0, 0.1) is 0 Å². The van der Waals surface area contributed by atoms with Gasteiger partial charge in [-0.05, 0) is 33.6 Å². The Hall–Kier alpha value is -3.30. The number of aromatic nitrogens is 4. The standard InChI is InChI=1S/C22H32N6O4/c1-7-18-26-27-20-19(23-10-8-9-11-24-21(29)32-22(2,3)4)25-14-12-16(30-5)17(31-6)13-15(14)28(18)20/h12-13H,7-11H2,1-6H3,(H,23,25)(H,24,29). The van der Waals surface area contributed by atoms with Gasteiger partial charge in [-0.2, -0.15) is 0 Å². The van der Waals surface area contributed by atoms with Gasteiger partial charge in [0.25, 0.3) is 0 Å². The van der Waals surface area contributed by atoms with Crippen molar-refractivity contribution >= 4 is 28.6 Å². The van der Waals surface area contributed by atoms with Crippen LogP contribution < -0.4 is 20.1 Å². The summed E-state index contributed by atoms with van der Waals surface area (Å²) in [6.45, 7) is 8.77. The highest BCUT2D eigenvalue weighted by Gasteiger charge is 2.17. The first-order valence-electron chi connectivity index (χ1n) is 10.8. The van der Waals surface area contributed by atoms with Crippen LogP contribution in [0.2, 0.25) is 0 Å². The highest BCUT2D eigenvalue weighted by Crippen LogP contribution is 2.33. The van der Waals surface area contributed by atoms with Crippen molar-refractivity contribution in [1.82, 2.24) is 24.9 Å². The number of anilines is 1. The second kappa shape index (κ2) is 9.88. The first-order valence-corrected chi connectivity index (χ1v) is 10.8. The molecule has 0 fully saturated rings. The molecule has 3 rings (SSSR count). The van der Waals surface area contributed by atoms with Crippen LogP contribution in [0.25, 0.3) is 16.7 Å². The van der Waals surface area contributed by atoms with E-state index in [1.54, 1.807) is 14.2 Å². The molecule has 0 bridgehead atoms. The first-order chi connectivity index (χ1) is 15.3. The number of amides is 1. The number of unbranched alkanes of at least 4 members (excludes halogenated alkanes) is 1. The zero-order valence-electron chi connectivity index (χ0n) is 19.6. The van der Waals surface area contributed by atoms with Gasteiger partial charge in [0.1, 0.15) is 11.4 Å². The van der Waals surface area contributed by atoms with E-state index < -0.39 is 11.7 Å². The summed E-state index contributed by atoms with van der Waals surface area (Å²) >= 11 is 0. The molecule has 0 radical (unpaired) electrons. The lowest BCUT2D eigenvalue weighted by Gasteiger charge is -2.19. The normalized spacial score (nSPS) is 11.6. The summed E-state index contributed by atoms with van der Waals surface area (Å²) < 4.78 is 18.1. The van der Waals surface area contributed by atoms with Gasteiger partial charge < -0.3 is 24.8 Å². The minimum atomic E-state index is -0.499. The number of alkyl carbamates (subject to hydrolysis) is 1. The van der Waals surface area contributed by atoms with Crippen LogP contribution in [0.1, 0.15) is 46.4 Å². The Kier molecular flexibility index (Phi) is 7.22. The second-order valence-electron chi connectivity index (χ2n) is 8.35. The van der Waals surface area contributed by atoms with Gasteiger partial charge in [-0.1, -0.05) is 6.92 Å². The SMILES string of the molecule is CCc1nnc2c(NCCCCNC(=O)OC(C)(C)C)nc3cc(OC)c(OC)cc3n12. The maximum Gasteiger partial charge on any atom is 0.407 e. The minimum absolute atomic E-state index is 0.400. The molecule has 1 aromatic carbocycles. The third-order valence-electron chi connectivity index (χ3n) is 4.78. The van der Waals surface area contributed by atoms with Crippen LogP contribution in [0.5, 0.6) is 11.5 Å². The van der Waals surface area contributed by atoms with Gasteiger partial charge in [-0.3, -0.25) is 4.40 Å². The van der Waals surface area contributed by atoms with Crippen molar-refractivity contribution in [3.8, 4) is 11.5 Å². The molecule has 0 atom stereocenters. The molecule has 10 nitrogen and oxygen atoms in total. The zero-order chi connectivity index (χ0) is 23.3. The lowest BCUT2D eigenvalue weighted by atomic mass is 10.2. The quantitative estimate of drug-likeness (QED) is 0.482. The molecule has 0 spiro atoms. The summed E-state index contributed by atoms with van der Waals surface area (Å²) in [5.41, 5.74) is 1.76. The third kappa shape index (κ3) is 5.30. The van der Waals surface area contributed by atoms with Crippen molar-refractivity contribution in [3.63, 3.8) is 0 Å². The molecule has 32 heavy (non-hydrogen) atoms. The number of hydrogen-bond donors (Lipinski definition) is 2. The average Bonchev–Trinajstić information content (AvgIpc) is 3.18. The lowest BCUT2D eigenvalue weighted by Crippen LogP contribution is -2.33. The van der Waals surface area contributed by atoms with Crippen molar-refractivity contribution in [2.45, 2.75) is 52.6 Å². The monoisotopic (exact) mass is 444 g/mol. The molecule has 174 valence electrons. The number of fused-ring (bicyclic) bond motifs is 3. The van der Waals surface area contributed by atoms with E-state index in [1.165, 1.54) is 0 Å². The predicted molar refractivity (Wildman–Crippen MR) is 123 cm³/mol. The van der Waals surface area contributed by atoms with Crippen molar-refractivity contribution in [2.75, 3.05) is 32.6 Å². The number of aryl methyl sites for hydroxylation is 1. The number of carbonyl (C=O) groups is 1. The highest BCUT2D eigenvalue weighted by molar-refractivity contribution is 5.85. The highest BCUT2D eigenvalue weighted by atomic mass is 16.6. The lowest BCUT2D eigenvalue weighted by molar-refractivity contribution is 0.0527. The van der Waals surface area contributed by atoms with Crippen molar-refractivity contribution in [1.29, 1.82) is 0 Å². The molecule has 1 amide bonds. The molecule has 0 aliphatic heterocycles. The third-order valence-corrected chi connectivity index (χ3v) is 4.78. The van der Waals surface area contributed by atoms with Crippen molar-refractivity contribution < 1.29 is 19.0 Å². The fourth-order valence-corrected chi connectivity index (χ4v) is 3.33. The number of nitrogens with one attached hydrogen (secondary N) is 2. The van der Waals surface area contributed by atoms with Gasteiger partial charge in [-0.15, -0.1) is 10.2 Å². The number of carbonyl (C=O) groups excluding carboxylic acids is 1. The van der Waals surface area contributed by atoms with Crippen LogP contribution >= 0.6 is 0 Å². The second-order valence-corrected chi connectivity index (χ2v) is 8.35. The summed E-state index contributed by atoms with van der Waals surface area (Å²) in [5, 5.41) is 14.8. The summed E-state index contributed by atoms with van der Waals surface area (Å²) in [6.07, 6.45) is 1.96. The largest absolute Gasteiger partial charge is 0.493 e. The number of ether oxygens (including phenoxy) is 3. The molecule has 2 aromatic heterocycles. The topological polar surface area (TPSA) is 112 Å². The molecule has 0 saturated heterocycles. The summed E-state index contributed by atoms with van der Waals surface area (Å²) in [6, 6.07) is 3.74. The Labute approximate surface area is 187 Å². The molecule has 2 N–H and O–H groups in total.